The average molecular weight is 215 g/mol. The minimum atomic E-state index is -0.668. The number of carbonyl (C=O) groups is 1. The molecule has 1 heterocycles. The Labute approximate surface area is 89.3 Å². The van der Waals surface area contributed by atoms with Crippen molar-refractivity contribution in [2.45, 2.75) is 44.3 Å². The summed E-state index contributed by atoms with van der Waals surface area (Å²) in [7, 11) is 0. The van der Waals surface area contributed by atoms with Crippen molar-refractivity contribution in [2.75, 3.05) is 13.1 Å². The molecule has 1 aliphatic carbocycles. The van der Waals surface area contributed by atoms with Crippen molar-refractivity contribution in [3.05, 3.63) is 0 Å². The fourth-order valence-corrected chi connectivity index (χ4v) is 2.76. The van der Waals surface area contributed by atoms with Crippen LogP contribution in [0.2, 0.25) is 0 Å². The summed E-state index contributed by atoms with van der Waals surface area (Å²) in [6, 6.07) is 0.432. The highest BCUT2D eigenvalue weighted by atomic mass is 19.1. The van der Waals surface area contributed by atoms with Gasteiger partial charge in [0.05, 0.1) is 5.92 Å². The summed E-state index contributed by atoms with van der Waals surface area (Å²) in [5.41, 5.74) is 0. The highest BCUT2D eigenvalue weighted by Crippen LogP contribution is 2.30. The lowest BCUT2D eigenvalue weighted by Gasteiger charge is -2.32. The van der Waals surface area contributed by atoms with Crippen LogP contribution < -0.4 is 0 Å². The molecule has 1 aliphatic heterocycles. The maximum absolute atomic E-state index is 13.0. The molecule has 0 spiro atoms. The zero-order valence-electron chi connectivity index (χ0n) is 8.86. The van der Waals surface area contributed by atoms with Gasteiger partial charge in [-0.2, -0.15) is 0 Å². The first-order valence-corrected chi connectivity index (χ1v) is 5.77. The van der Waals surface area contributed by atoms with Gasteiger partial charge in [-0.05, 0) is 32.1 Å². The number of hydrogen-bond acceptors (Lipinski definition) is 2. The van der Waals surface area contributed by atoms with E-state index in [1.54, 1.807) is 0 Å². The molecule has 1 N–H and O–H groups in total. The number of hydrogen-bond donors (Lipinski definition) is 1. The third kappa shape index (κ3) is 2.48. The lowest BCUT2D eigenvalue weighted by Crippen LogP contribution is -2.37. The predicted molar refractivity (Wildman–Crippen MR) is 54.5 cm³/mol. The van der Waals surface area contributed by atoms with Gasteiger partial charge in [-0.1, -0.05) is 0 Å². The molecular weight excluding hydrogens is 197 g/mol. The second kappa shape index (κ2) is 4.47. The van der Waals surface area contributed by atoms with E-state index in [0.717, 1.165) is 32.2 Å². The monoisotopic (exact) mass is 215 g/mol. The van der Waals surface area contributed by atoms with Crippen LogP contribution in [0, 0.1) is 5.92 Å². The van der Waals surface area contributed by atoms with Crippen LogP contribution in [0.3, 0.4) is 0 Å². The molecule has 2 fully saturated rings. The zero-order chi connectivity index (χ0) is 10.8. The maximum Gasteiger partial charge on any atom is 0.306 e. The Morgan fingerprint density at radius 3 is 2.33 bits per heavy atom. The predicted octanol–water partition coefficient (Wildman–Crippen LogP) is 1.67. The van der Waals surface area contributed by atoms with E-state index >= 15 is 0 Å². The quantitative estimate of drug-likeness (QED) is 0.761. The van der Waals surface area contributed by atoms with Crippen LogP contribution in [0.4, 0.5) is 4.39 Å². The molecule has 2 rings (SSSR count). The lowest BCUT2D eigenvalue weighted by molar-refractivity contribution is -0.143. The van der Waals surface area contributed by atoms with Gasteiger partial charge in [0.1, 0.15) is 6.17 Å². The first-order chi connectivity index (χ1) is 7.16. The average Bonchev–Trinajstić information content (AvgIpc) is 2.65. The van der Waals surface area contributed by atoms with E-state index in [1.165, 1.54) is 0 Å². The van der Waals surface area contributed by atoms with Crippen molar-refractivity contribution < 1.29 is 14.3 Å². The fraction of sp³-hybridized carbons (Fsp3) is 0.909. The lowest BCUT2D eigenvalue weighted by atomic mass is 9.85. The van der Waals surface area contributed by atoms with E-state index in [0.29, 0.717) is 19.0 Å². The first kappa shape index (κ1) is 10.9. The summed E-state index contributed by atoms with van der Waals surface area (Å²) < 4.78 is 13.0. The molecule has 0 aromatic carbocycles. The molecule has 0 aromatic rings. The van der Waals surface area contributed by atoms with Gasteiger partial charge in [0, 0.05) is 19.1 Å². The van der Waals surface area contributed by atoms with Crippen LogP contribution >= 0.6 is 0 Å². The number of rotatable bonds is 2. The highest BCUT2D eigenvalue weighted by Gasteiger charge is 2.32. The molecule has 0 aromatic heterocycles. The molecule has 1 saturated heterocycles. The van der Waals surface area contributed by atoms with Crippen molar-refractivity contribution in [3.8, 4) is 0 Å². The van der Waals surface area contributed by atoms with Crippen LogP contribution in [-0.2, 0) is 4.79 Å². The van der Waals surface area contributed by atoms with Crippen molar-refractivity contribution >= 4 is 5.97 Å². The molecular formula is C11H18FNO2. The minimum Gasteiger partial charge on any atom is -0.481 e. The normalized spacial score (nSPS) is 38.1. The maximum atomic E-state index is 13.0. The van der Waals surface area contributed by atoms with Gasteiger partial charge in [0.15, 0.2) is 0 Å². The van der Waals surface area contributed by atoms with Gasteiger partial charge in [0.25, 0.3) is 0 Å². The molecule has 4 heteroatoms. The Morgan fingerprint density at radius 1 is 1.20 bits per heavy atom. The summed E-state index contributed by atoms with van der Waals surface area (Å²) in [5, 5.41) is 8.86. The van der Waals surface area contributed by atoms with Gasteiger partial charge < -0.3 is 5.11 Å². The SMILES string of the molecule is O=C(O)C1CCC(N2CC[C@@H](F)C2)CC1. The molecule has 1 saturated carbocycles. The van der Waals surface area contributed by atoms with Crippen LogP contribution in [0.15, 0.2) is 0 Å². The molecule has 15 heavy (non-hydrogen) atoms. The number of halogens is 1. The Hall–Kier alpha value is -0.640. The Balaban J connectivity index is 1.80. The largest absolute Gasteiger partial charge is 0.481 e. The first-order valence-electron chi connectivity index (χ1n) is 5.77. The van der Waals surface area contributed by atoms with Crippen LogP contribution in [0.1, 0.15) is 32.1 Å². The molecule has 0 radical (unpaired) electrons. The highest BCUT2D eigenvalue weighted by molar-refractivity contribution is 5.70. The smallest absolute Gasteiger partial charge is 0.306 e. The number of carboxylic acids is 1. The molecule has 1 atom stereocenters. The van der Waals surface area contributed by atoms with Crippen molar-refractivity contribution in [1.82, 2.24) is 4.90 Å². The van der Waals surface area contributed by atoms with E-state index in [1.807, 2.05) is 0 Å². The van der Waals surface area contributed by atoms with E-state index in [2.05, 4.69) is 4.90 Å². The van der Waals surface area contributed by atoms with Gasteiger partial charge in [-0.25, -0.2) is 4.39 Å². The Kier molecular flexibility index (Phi) is 3.24. The number of carboxylic acid groups (broad SMARTS) is 1. The van der Waals surface area contributed by atoms with Crippen LogP contribution in [0.5, 0.6) is 0 Å². The van der Waals surface area contributed by atoms with Gasteiger partial charge >= 0.3 is 5.97 Å². The summed E-state index contributed by atoms with van der Waals surface area (Å²) in [4.78, 5) is 13.0. The zero-order valence-corrected chi connectivity index (χ0v) is 8.86. The fourth-order valence-electron chi connectivity index (χ4n) is 2.76. The second-order valence-corrected chi connectivity index (χ2v) is 4.72. The summed E-state index contributed by atoms with van der Waals surface area (Å²) >= 11 is 0. The van der Waals surface area contributed by atoms with E-state index in [9.17, 15) is 9.18 Å². The molecule has 2 aliphatic rings. The summed E-state index contributed by atoms with van der Waals surface area (Å²) in [5.74, 6) is -0.830. The van der Waals surface area contributed by atoms with Crippen molar-refractivity contribution in [2.24, 2.45) is 5.92 Å². The van der Waals surface area contributed by atoms with Crippen LogP contribution in [-0.4, -0.2) is 41.3 Å². The van der Waals surface area contributed by atoms with Crippen molar-refractivity contribution in [1.29, 1.82) is 0 Å². The third-order valence-electron chi connectivity index (χ3n) is 3.72. The van der Waals surface area contributed by atoms with E-state index in [4.69, 9.17) is 5.11 Å². The molecule has 0 bridgehead atoms. The standard InChI is InChI=1S/C11H18FNO2/c12-9-5-6-13(7-9)10-3-1-8(2-4-10)11(14)15/h8-10H,1-7H2,(H,14,15)/t8?,9-,10?/m1/s1. The number of aliphatic carboxylic acids is 1. The molecule has 0 amide bonds. The third-order valence-corrected chi connectivity index (χ3v) is 3.72. The summed E-state index contributed by atoms with van der Waals surface area (Å²) in [6.45, 7) is 1.41. The molecule has 0 unspecified atom stereocenters. The van der Waals surface area contributed by atoms with Gasteiger partial charge in [0.2, 0.25) is 0 Å². The minimum absolute atomic E-state index is 0.162. The van der Waals surface area contributed by atoms with Gasteiger partial charge in [-0.15, -0.1) is 0 Å². The van der Waals surface area contributed by atoms with Gasteiger partial charge in [-0.3, -0.25) is 9.69 Å². The summed E-state index contributed by atoms with van der Waals surface area (Å²) in [6.07, 6.45) is 3.34. The van der Waals surface area contributed by atoms with Crippen molar-refractivity contribution in [3.63, 3.8) is 0 Å². The molecule has 86 valence electrons. The van der Waals surface area contributed by atoms with E-state index in [-0.39, 0.29) is 5.92 Å². The number of likely N-dealkylation sites (tertiary alicyclic amines) is 1. The Bertz CT molecular complexity index is 239. The van der Waals surface area contributed by atoms with E-state index < -0.39 is 12.1 Å². The topological polar surface area (TPSA) is 40.5 Å². The molecule has 3 nitrogen and oxygen atoms in total. The van der Waals surface area contributed by atoms with Crippen LogP contribution in [0.25, 0.3) is 0 Å². The second-order valence-electron chi connectivity index (χ2n) is 4.72. The Morgan fingerprint density at radius 2 is 1.87 bits per heavy atom. The number of nitrogens with zero attached hydrogens (tertiary/aromatic N) is 1. The number of alkyl halides is 1.